The molecule has 1 aliphatic heterocycles. The van der Waals surface area contributed by atoms with Crippen molar-refractivity contribution in [3.63, 3.8) is 0 Å². The molecule has 0 amide bonds. The summed E-state index contributed by atoms with van der Waals surface area (Å²) in [6, 6.07) is 5.78. The third kappa shape index (κ3) is 3.48. The van der Waals surface area contributed by atoms with Crippen LogP contribution in [0.2, 0.25) is 0 Å². The molecule has 0 saturated carbocycles. The normalized spacial score (nSPS) is 19.5. The molecule has 114 valence electrons. The van der Waals surface area contributed by atoms with Gasteiger partial charge in [0.15, 0.2) is 0 Å². The summed E-state index contributed by atoms with van der Waals surface area (Å²) in [7, 11) is 3.90. The molecule has 1 aromatic rings. The van der Waals surface area contributed by atoms with E-state index in [0.29, 0.717) is 11.7 Å². The summed E-state index contributed by atoms with van der Waals surface area (Å²) in [6.45, 7) is 1.79. The first-order valence-corrected chi connectivity index (χ1v) is 6.85. The molecule has 1 fully saturated rings. The number of anilines is 1. The summed E-state index contributed by atoms with van der Waals surface area (Å²) in [5, 5.41) is 8.94. The molecule has 1 unspecified atom stereocenters. The number of nitriles is 1. The summed E-state index contributed by atoms with van der Waals surface area (Å²) in [4.78, 5) is 4.17. The lowest BCUT2D eigenvalue weighted by Crippen LogP contribution is -2.36. The van der Waals surface area contributed by atoms with E-state index in [9.17, 15) is 13.2 Å². The van der Waals surface area contributed by atoms with E-state index >= 15 is 0 Å². The van der Waals surface area contributed by atoms with E-state index in [2.05, 4.69) is 11.9 Å². The van der Waals surface area contributed by atoms with Crippen molar-refractivity contribution in [3.8, 4) is 6.07 Å². The van der Waals surface area contributed by atoms with Crippen LogP contribution in [0.4, 0.5) is 18.9 Å². The molecule has 1 heterocycles. The molecule has 0 N–H and O–H groups in total. The van der Waals surface area contributed by atoms with Gasteiger partial charge in [-0.15, -0.1) is 0 Å². The highest BCUT2D eigenvalue weighted by molar-refractivity contribution is 5.55. The quantitative estimate of drug-likeness (QED) is 0.859. The van der Waals surface area contributed by atoms with Crippen molar-refractivity contribution in [2.45, 2.75) is 25.1 Å². The number of benzene rings is 1. The SMILES string of the molecule is CN(CC1CCCN1C)c1ccc(C(F)(F)F)c(C#N)c1. The predicted octanol–water partition coefficient (Wildman–Crippen LogP) is 3.11. The first kappa shape index (κ1) is 15.6. The van der Waals surface area contributed by atoms with Gasteiger partial charge in [0.05, 0.1) is 17.2 Å². The fourth-order valence-corrected chi connectivity index (χ4v) is 2.74. The Morgan fingerprint density at radius 3 is 2.67 bits per heavy atom. The largest absolute Gasteiger partial charge is 0.417 e. The zero-order chi connectivity index (χ0) is 15.6. The van der Waals surface area contributed by atoms with Crippen molar-refractivity contribution in [1.29, 1.82) is 5.26 Å². The number of hydrogen-bond donors (Lipinski definition) is 0. The molecule has 2 rings (SSSR count). The van der Waals surface area contributed by atoms with Crippen LogP contribution in [0.5, 0.6) is 0 Å². The molecule has 0 aliphatic carbocycles. The van der Waals surface area contributed by atoms with Crippen molar-refractivity contribution >= 4 is 5.69 Å². The van der Waals surface area contributed by atoms with Crippen LogP contribution in [-0.2, 0) is 6.18 Å². The van der Waals surface area contributed by atoms with E-state index in [0.717, 1.165) is 32.0 Å². The molecule has 0 aromatic heterocycles. The van der Waals surface area contributed by atoms with Crippen LogP contribution < -0.4 is 4.90 Å². The Balaban J connectivity index is 2.19. The maximum Gasteiger partial charge on any atom is 0.417 e. The van der Waals surface area contributed by atoms with Gasteiger partial charge in [0, 0.05) is 25.3 Å². The van der Waals surface area contributed by atoms with Crippen LogP contribution in [0.3, 0.4) is 0 Å². The Bertz CT molecular complexity index is 548. The zero-order valence-corrected chi connectivity index (χ0v) is 12.1. The lowest BCUT2D eigenvalue weighted by atomic mass is 10.1. The fourth-order valence-electron chi connectivity index (χ4n) is 2.74. The number of alkyl halides is 3. The van der Waals surface area contributed by atoms with Crippen LogP contribution in [0, 0.1) is 11.3 Å². The lowest BCUT2D eigenvalue weighted by Gasteiger charge is -2.27. The molecule has 0 bridgehead atoms. The maximum absolute atomic E-state index is 12.8. The molecule has 1 aromatic carbocycles. The Labute approximate surface area is 122 Å². The highest BCUT2D eigenvalue weighted by atomic mass is 19.4. The topological polar surface area (TPSA) is 30.3 Å². The van der Waals surface area contributed by atoms with E-state index in [-0.39, 0.29) is 5.56 Å². The van der Waals surface area contributed by atoms with Crippen LogP contribution in [0.15, 0.2) is 18.2 Å². The average molecular weight is 297 g/mol. The van der Waals surface area contributed by atoms with E-state index in [1.165, 1.54) is 12.1 Å². The number of hydrogen-bond acceptors (Lipinski definition) is 3. The van der Waals surface area contributed by atoms with Gasteiger partial charge < -0.3 is 9.80 Å². The molecule has 1 aliphatic rings. The minimum Gasteiger partial charge on any atom is -0.373 e. The smallest absolute Gasteiger partial charge is 0.373 e. The predicted molar refractivity (Wildman–Crippen MR) is 75.1 cm³/mol. The van der Waals surface area contributed by atoms with Crippen LogP contribution in [-0.4, -0.2) is 38.1 Å². The first-order chi connectivity index (χ1) is 9.82. The molecule has 0 radical (unpaired) electrons. The second-order valence-electron chi connectivity index (χ2n) is 5.50. The lowest BCUT2D eigenvalue weighted by molar-refractivity contribution is -0.137. The van der Waals surface area contributed by atoms with Crippen LogP contribution in [0.1, 0.15) is 24.0 Å². The molecule has 1 atom stereocenters. The van der Waals surface area contributed by atoms with Crippen molar-refractivity contribution in [2.24, 2.45) is 0 Å². The van der Waals surface area contributed by atoms with Gasteiger partial charge in [-0.1, -0.05) is 0 Å². The van der Waals surface area contributed by atoms with Gasteiger partial charge in [-0.25, -0.2) is 0 Å². The Morgan fingerprint density at radius 1 is 1.43 bits per heavy atom. The molecular formula is C15H18F3N3. The Hall–Kier alpha value is -1.74. The highest BCUT2D eigenvalue weighted by Crippen LogP contribution is 2.33. The van der Waals surface area contributed by atoms with E-state index in [4.69, 9.17) is 5.26 Å². The third-order valence-electron chi connectivity index (χ3n) is 4.03. The minimum absolute atomic E-state index is 0.327. The first-order valence-electron chi connectivity index (χ1n) is 6.85. The number of nitrogens with zero attached hydrogens (tertiary/aromatic N) is 3. The van der Waals surface area contributed by atoms with Crippen molar-refractivity contribution in [3.05, 3.63) is 29.3 Å². The minimum atomic E-state index is -4.49. The van der Waals surface area contributed by atoms with Crippen molar-refractivity contribution in [1.82, 2.24) is 4.90 Å². The summed E-state index contributed by atoms with van der Waals surface area (Å²) in [5.41, 5.74) is -0.563. The van der Waals surface area contributed by atoms with Gasteiger partial charge in [-0.05, 0) is 44.6 Å². The number of likely N-dealkylation sites (tertiary alicyclic amines) is 1. The Kier molecular flexibility index (Phi) is 4.43. The number of likely N-dealkylation sites (N-methyl/N-ethyl adjacent to an activating group) is 2. The standard InChI is InChI=1S/C15H18F3N3/c1-20-7-3-4-13(20)10-21(2)12-5-6-14(15(16,17)18)11(8-12)9-19/h5-6,8,13H,3-4,7,10H2,1-2H3. The Morgan fingerprint density at radius 2 is 2.14 bits per heavy atom. The van der Waals surface area contributed by atoms with Gasteiger partial charge in [0.1, 0.15) is 0 Å². The van der Waals surface area contributed by atoms with Crippen molar-refractivity contribution < 1.29 is 13.2 Å². The number of rotatable bonds is 3. The third-order valence-corrected chi connectivity index (χ3v) is 4.03. The van der Waals surface area contributed by atoms with Gasteiger partial charge in [-0.2, -0.15) is 18.4 Å². The van der Waals surface area contributed by atoms with E-state index < -0.39 is 11.7 Å². The van der Waals surface area contributed by atoms with Gasteiger partial charge in [-0.3, -0.25) is 0 Å². The van der Waals surface area contributed by atoms with Gasteiger partial charge >= 0.3 is 6.18 Å². The summed E-state index contributed by atoms with van der Waals surface area (Å²) >= 11 is 0. The van der Waals surface area contributed by atoms with E-state index in [1.807, 2.05) is 11.9 Å². The summed E-state index contributed by atoms with van der Waals surface area (Å²) in [5.74, 6) is 0. The highest BCUT2D eigenvalue weighted by Gasteiger charge is 2.33. The van der Waals surface area contributed by atoms with Crippen LogP contribution >= 0.6 is 0 Å². The molecule has 0 spiro atoms. The molecule has 3 nitrogen and oxygen atoms in total. The molecule has 21 heavy (non-hydrogen) atoms. The molecule has 1 saturated heterocycles. The number of halogens is 3. The van der Waals surface area contributed by atoms with Crippen LogP contribution in [0.25, 0.3) is 0 Å². The maximum atomic E-state index is 12.8. The molecule has 6 heteroatoms. The molecular weight excluding hydrogens is 279 g/mol. The monoisotopic (exact) mass is 297 g/mol. The second-order valence-corrected chi connectivity index (χ2v) is 5.50. The fraction of sp³-hybridized carbons (Fsp3) is 0.533. The van der Waals surface area contributed by atoms with E-state index in [1.54, 1.807) is 6.07 Å². The van der Waals surface area contributed by atoms with Crippen molar-refractivity contribution in [2.75, 3.05) is 32.1 Å². The second kappa shape index (κ2) is 5.94. The van der Waals surface area contributed by atoms with Gasteiger partial charge in [0.25, 0.3) is 0 Å². The average Bonchev–Trinajstić information content (AvgIpc) is 2.82. The zero-order valence-electron chi connectivity index (χ0n) is 12.1. The van der Waals surface area contributed by atoms with Gasteiger partial charge in [0.2, 0.25) is 0 Å². The summed E-state index contributed by atoms with van der Waals surface area (Å²) in [6.07, 6.45) is -2.26. The summed E-state index contributed by atoms with van der Waals surface area (Å²) < 4.78 is 38.3.